The Morgan fingerprint density at radius 1 is 1.22 bits per heavy atom. The van der Waals surface area contributed by atoms with E-state index in [1.165, 1.54) is 5.56 Å². The van der Waals surface area contributed by atoms with E-state index >= 15 is 0 Å². The number of hydrogen-bond acceptors (Lipinski definition) is 5. The van der Waals surface area contributed by atoms with Gasteiger partial charge in [-0.2, -0.15) is 9.61 Å². The third kappa shape index (κ3) is 3.40. The molecule has 0 atom stereocenters. The molecule has 0 radical (unpaired) electrons. The number of fused-ring (bicyclic) bond motifs is 1. The summed E-state index contributed by atoms with van der Waals surface area (Å²) in [5.74, 6) is 1.76. The Morgan fingerprint density at radius 2 is 1.93 bits per heavy atom. The van der Waals surface area contributed by atoms with E-state index in [1.807, 2.05) is 9.42 Å². The van der Waals surface area contributed by atoms with Crippen LogP contribution in [0.4, 0.5) is 5.82 Å². The number of ether oxygens (including phenoxy) is 1. The highest BCUT2D eigenvalue weighted by atomic mass is 16.5. The molecule has 0 saturated carbocycles. The van der Waals surface area contributed by atoms with Gasteiger partial charge in [0.2, 0.25) is 5.91 Å². The minimum Gasteiger partial charge on any atom is -0.381 e. The van der Waals surface area contributed by atoms with Crippen molar-refractivity contribution in [1.29, 1.82) is 0 Å². The molecule has 146 valence electrons. The van der Waals surface area contributed by atoms with Crippen LogP contribution < -0.4 is 4.90 Å². The predicted octanol–water partition coefficient (Wildman–Crippen LogP) is 2.16. The summed E-state index contributed by atoms with van der Waals surface area (Å²) in [5, 5.41) is 4.99. The highest BCUT2D eigenvalue weighted by Crippen LogP contribution is 2.30. The summed E-state index contributed by atoms with van der Waals surface area (Å²) in [5.41, 5.74) is 4.38. The molecule has 2 fully saturated rings. The minimum atomic E-state index is 0.155. The van der Waals surface area contributed by atoms with Crippen LogP contribution in [0.25, 0.3) is 5.65 Å². The SMILES string of the molecule is CCc1c(C)nc2cc(C3CCOCC3)nn2c1N1CCN(C(C)=O)CC1. The minimum absolute atomic E-state index is 0.155. The van der Waals surface area contributed by atoms with Crippen LogP contribution in [0.5, 0.6) is 0 Å². The molecule has 2 saturated heterocycles. The van der Waals surface area contributed by atoms with Gasteiger partial charge in [0.05, 0.1) is 5.69 Å². The fraction of sp³-hybridized carbons (Fsp3) is 0.650. The number of nitrogens with zero attached hydrogens (tertiary/aromatic N) is 5. The summed E-state index contributed by atoms with van der Waals surface area (Å²) in [4.78, 5) is 20.8. The quantitative estimate of drug-likeness (QED) is 0.827. The highest BCUT2D eigenvalue weighted by Gasteiger charge is 2.26. The van der Waals surface area contributed by atoms with E-state index < -0.39 is 0 Å². The van der Waals surface area contributed by atoms with Crippen LogP contribution in [0.2, 0.25) is 0 Å². The predicted molar refractivity (Wildman–Crippen MR) is 104 cm³/mol. The van der Waals surface area contributed by atoms with Crippen molar-refractivity contribution in [1.82, 2.24) is 19.5 Å². The molecule has 2 aliphatic rings. The van der Waals surface area contributed by atoms with Gasteiger partial charge < -0.3 is 14.5 Å². The van der Waals surface area contributed by atoms with Crippen molar-refractivity contribution in [2.75, 3.05) is 44.3 Å². The molecule has 0 aromatic carbocycles. The number of amides is 1. The van der Waals surface area contributed by atoms with Crippen LogP contribution in [0, 0.1) is 6.92 Å². The molecule has 0 bridgehead atoms. The maximum atomic E-state index is 11.7. The molecule has 0 spiro atoms. The maximum Gasteiger partial charge on any atom is 0.219 e. The van der Waals surface area contributed by atoms with Crippen molar-refractivity contribution in [2.45, 2.75) is 46.0 Å². The molecular formula is C20H29N5O2. The number of piperazine rings is 1. The summed E-state index contributed by atoms with van der Waals surface area (Å²) < 4.78 is 7.55. The van der Waals surface area contributed by atoms with Gasteiger partial charge in [0.1, 0.15) is 5.82 Å². The third-order valence-corrected chi connectivity index (χ3v) is 5.92. The fourth-order valence-corrected chi connectivity index (χ4v) is 4.32. The molecule has 4 rings (SSSR count). The van der Waals surface area contributed by atoms with Gasteiger partial charge in [-0.3, -0.25) is 4.79 Å². The zero-order valence-electron chi connectivity index (χ0n) is 16.6. The molecular weight excluding hydrogens is 342 g/mol. The average Bonchev–Trinajstić information content (AvgIpc) is 3.11. The van der Waals surface area contributed by atoms with E-state index in [9.17, 15) is 4.79 Å². The highest BCUT2D eigenvalue weighted by molar-refractivity contribution is 5.73. The molecule has 7 heteroatoms. The van der Waals surface area contributed by atoms with E-state index in [2.05, 4.69) is 24.8 Å². The number of rotatable bonds is 3. The van der Waals surface area contributed by atoms with Crippen molar-refractivity contribution < 1.29 is 9.53 Å². The van der Waals surface area contributed by atoms with Gasteiger partial charge in [0, 0.05) is 69.6 Å². The van der Waals surface area contributed by atoms with E-state index in [1.54, 1.807) is 6.92 Å². The van der Waals surface area contributed by atoms with Gasteiger partial charge in [-0.05, 0) is 26.2 Å². The average molecular weight is 371 g/mol. The second-order valence-corrected chi connectivity index (χ2v) is 7.57. The van der Waals surface area contributed by atoms with Gasteiger partial charge in [-0.1, -0.05) is 6.92 Å². The summed E-state index contributed by atoms with van der Waals surface area (Å²) >= 11 is 0. The van der Waals surface area contributed by atoms with Crippen LogP contribution in [-0.4, -0.2) is 64.8 Å². The first-order valence-electron chi connectivity index (χ1n) is 10.1. The number of hydrogen-bond donors (Lipinski definition) is 0. The van der Waals surface area contributed by atoms with Crippen molar-refractivity contribution in [3.05, 3.63) is 23.0 Å². The Labute approximate surface area is 160 Å². The second kappa shape index (κ2) is 7.46. The van der Waals surface area contributed by atoms with Crippen LogP contribution in [0.1, 0.15) is 49.6 Å². The first-order chi connectivity index (χ1) is 13.1. The lowest BCUT2D eigenvalue weighted by Gasteiger charge is -2.36. The van der Waals surface area contributed by atoms with Crippen molar-refractivity contribution >= 4 is 17.4 Å². The summed E-state index contributed by atoms with van der Waals surface area (Å²) in [6.45, 7) is 10.7. The Balaban J connectivity index is 1.73. The Kier molecular flexibility index (Phi) is 5.04. The van der Waals surface area contributed by atoms with Crippen molar-refractivity contribution in [3.8, 4) is 0 Å². The monoisotopic (exact) mass is 371 g/mol. The third-order valence-electron chi connectivity index (χ3n) is 5.92. The molecule has 2 aromatic rings. The number of carbonyl (C=O) groups is 1. The molecule has 7 nitrogen and oxygen atoms in total. The standard InChI is InChI=1S/C20H29N5O2/c1-4-17-14(2)21-19-13-18(16-5-11-27-12-6-16)22-25(19)20(17)24-9-7-23(8-10-24)15(3)26/h13,16H,4-12H2,1-3H3. The smallest absolute Gasteiger partial charge is 0.219 e. The van der Waals surface area contributed by atoms with E-state index in [0.717, 1.165) is 81.5 Å². The molecule has 2 aliphatic heterocycles. The van der Waals surface area contributed by atoms with Crippen LogP contribution in [0.3, 0.4) is 0 Å². The molecule has 0 N–H and O–H groups in total. The van der Waals surface area contributed by atoms with Crippen LogP contribution in [-0.2, 0) is 16.0 Å². The maximum absolute atomic E-state index is 11.7. The van der Waals surface area contributed by atoms with Gasteiger partial charge in [-0.25, -0.2) is 4.98 Å². The Bertz CT molecular complexity index is 832. The van der Waals surface area contributed by atoms with Crippen molar-refractivity contribution in [2.24, 2.45) is 0 Å². The topological polar surface area (TPSA) is 63.0 Å². The van der Waals surface area contributed by atoms with Gasteiger partial charge in [0.25, 0.3) is 0 Å². The van der Waals surface area contributed by atoms with E-state index in [-0.39, 0.29) is 5.91 Å². The fourth-order valence-electron chi connectivity index (χ4n) is 4.32. The van der Waals surface area contributed by atoms with Gasteiger partial charge in [0.15, 0.2) is 5.65 Å². The Morgan fingerprint density at radius 3 is 2.56 bits per heavy atom. The summed E-state index contributed by atoms with van der Waals surface area (Å²) in [6, 6.07) is 2.15. The zero-order chi connectivity index (χ0) is 19.0. The molecule has 27 heavy (non-hydrogen) atoms. The number of anilines is 1. The van der Waals surface area contributed by atoms with Crippen LogP contribution >= 0.6 is 0 Å². The molecule has 1 amide bonds. The molecule has 2 aromatic heterocycles. The number of carbonyl (C=O) groups excluding carboxylic acids is 1. The largest absolute Gasteiger partial charge is 0.381 e. The van der Waals surface area contributed by atoms with Crippen LogP contribution in [0.15, 0.2) is 6.07 Å². The number of aromatic nitrogens is 3. The first kappa shape index (κ1) is 18.2. The normalized spacial score (nSPS) is 19.1. The van der Waals surface area contributed by atoms with Gasteiger partial charge >= 0.3 is 0 Å². The Hall–Kier alpha value is -2.15. The van der Waals surface area contributed by atoms with E-state index in [0.29, 0.717) is 5.92 Å². The number of aryl methyl sites for hydroxylation is 1. The van der Waals surface area contributed by atoms with Gasteiger partial charge in [-0.15, -0.1) is 0 Å². The lowest BCUT2D eigenvalue weighted by molar-refractivity contribution is -0.129. The molecule has 0 unspecified atom stereocenters. The first-order valence-corrected chi connectivity index (χ1v) is 10.1. The second-order valence-electron chi connectivity index (χ2n) is 7.57. The van der Waals surface area contributed by atoms with E-state index in [4.69, 9.17) is 14.8 Å². The zero-order valence-corrected chi connectivity index (χ0v) is 16.6. The lowest BCUT2D eigenvalue weighted by atomic mass is 9.97. The summed E-state index contributed by atoms with van der Waals surface area (Å²) in [6.07, 6.45) is 2.97. The lowest BCUT2D eigenvalue weighted by Crippen LogP contribution is -2.49. The molecule has 0 aliphatic carbocycles. The van der Waals surface area contributed by atoms with Crippen molar-refractivity contribution in [3.63, 3.8) is 0 Å². The molecule has 4 heterocycles. The summed E-state index contributed by atoms with van der Waals surface area (Å²) in [7, 11) is 0.